The van der Waals surface area contributed by atoms with E-state index < -0.39 is 6.10 Å². The van der Waals surface area contributed by atoms with Gasteiger partial charge < -0.3 is 15.7 Å². The maximum absolute atomic E-state index is 9.84. The number of aliphatic hydroxyl groups is 1. The molecule has 5 heteroatoms. The molecule has 0 bridgehead atoms. The molecule has 0 aromatic heterocycles. The van der Waals surface area contributed by atoms with Gasteiger partial charge in [-0.15, -0.1) is 0 Å². The van der Waals surface area contributed by atoms with Gasteiger partial charge in [-0.1, -0.05) is 42.5 Å². The van der Waals surface area contributed by atoms with Crippen molar-refractivity contribution in [2.75, 3.05) is 30.4 Å². The van der Waals surface area contributed by atoms with Crippen LogP contribution in [0.15, 0.2) is 66.7 Å². The summed E-state index contributed by atoms with van der Waals surface area (Å²) in [7, 11) is 0. The van der Waals surface area contributed by atoms with Gasteiger partial charge in [0.2, 0.25) is 0 Å². The molecule has 2 aromatic carbocycles. The summed E-state index contributed by atoms with van der Waals surface area (Å²) in [6.45, 7) is 7.14. The molecule has 134 valence electrons. The van der Waals surface area contributed by atoms with Crippen LogP contribution in [0.2, 0.25) is 0 Å². The number of hydrogen-bond acceptors (Lipinski definition) is 5. The first-order valence-electron chi connectivity index (χ1n) is 8.32. The lowest BCUT2D eigenvalue weighted by Gasteiger charge is -2.13. The summed E-state index contributed by atoms with van der Waals surface area (Å²) in [5.74, 6) is 0. The van der Waals surface area contributed by atoms with E-state index in [0.29, 0.717) is 13.2 Å². The van der Waals surface area contributed by atoms with E-state index in [4.69, 9.17) is 9.78 Å². The molecule has 0 aliphatic rings. The Morgan fingerprint density at radius 3 is 2.36 bits per heavy atom. The molecule has 0 spiro atoms. The fourth-order valence-corrected chi connectivity index (χ4v) is 2.06. The molecule has 0 saturated carbocycles. The highest BCUT2D eigenvalue weighted by molar-refractivity contribution is 5.47. The van der Waals surface area contributed by atoms with Crippen molar-refractivity contribution in [2.24, 2.45) is 0 Å². The van der Waals surface area contributed by atoms with Crippen molar-refractivity contribution in [1.82, 2.24) is 0 Å². The Balaban J connectivity index is 1.66. The number of nitrogens with one attached hydrogen (secondary N) is 2. The summed E-state index contributed by atoms with van der Waals surface area (Å²) in [5, 5.41) is 16.4. The molecule has 0 aliphatic heterocycles. The summed E-state index contributed by atoms with van der Waals surface area (Å²) in [5.41, 5.74) is 4.10. The highest BCUT2D eigenvalue weighted by Gasteiger charge is 2.05. The monoisotopic (exact) mass is 342 g/mol. The quantitative estimate of drug-likeness (QED) is 0.252. The molecule has 0 amide bonds. The van der Waals surface area contributed by atoms with E-state index in [0.717, 1.165) is 23.5 Å². The topological polar surface area (TPSA) is 62.8 Å². The van der Waals surface area contributed by atoms with Crippen molar-refractivity contribution in [3.8, 4) is 0 Å². The molecule has 0 fully saturated rings. The van der Waals surface area contributed by atoms with Gasteiger partial charge in [0.1, 0.15) is 13.2 Å². The Kier molecular flexibility index (Phi) is 7.98. The van der Waals surface area contributed by atoms with Gasteiger partial charge in [-0.05, 0) is 36.8 Å². The van der Waals surface area contributed by atoms with E-state index in [2.05, 4.69) is 29.3 Å². The minimum Gasteiger partial charge on any atom is -0.389 e. The summed E-state index contributed by atoms with van der Waals surface area (Å²) < 4.78 is 0. The first kappa shape index (κ1) is 19.0. The van der Waals surface area contributed by atoms with Gasteiger partial charge in [0.15, 0.2) is 0 Å². The molecular formula is C20H26N2O3. The number of hydrogen-bond donors (Lipinski definition) is 3. The second-order valence-electron chi connectivity index (χ2n) is 5.96. The van der Waals surface area contributed by atoms with Crippen LogP contribution in [0.4, 0.5) is 11.4 Å². The Hall–Kier alpha value is -2.34. The molecule has 1 atom stereocenters. The largest absolute Gasteiger partial charge is 0.389 e. The summed E-state index contributed by atoms with van der Waals surface area (Å²) in [6, 6.07) is 18.2. The average Bonchev–Trinajstić information content (AvgIpc) is 2.63. The fraction of sp³-hybridized carbons (Fsp3) is 0.300. The van der Waals surface area contributed by atoms with Crippen molar-refractivity contribution >= 4 is 11.4 Å². The van der Waals surface area contributed by atoms with Crippen molar-refractivity contribution in [2.45, 2.75) is 19.6 Å². The lowest BCUT2D eigenvalue weighted by atomic mass is 10.2. The van der Waals surface area contributed by atoms with E-state index in [9.17, 15) is 5.11 Å². The van der Waals surface area contributed by atoms with E-state index in [1.54, 1.807) is 0 Å². The second kappa shape index (κ2) is 10.5. The van der Waals surface area contributed by atoms with Crippen LogP contribution in [0.1, 0.15) is 12.5 Å². The normalized spacial score (nSPS) is 11.8. The number of benzene rings is 2. The zero-order valence-corrected chi connectivity index (χ0v) is 14.6. The Labute approximate surface area is 149 Å². The standard InChI is InChI=1S/C20H26N2O3/c1-16(2)14-24-25-15-20(23)13-22-19-10-8-17(9-11-19)12-21-18-6-4-3-5-7-18/h3-11,20-23H,1,12-15H2,2H3. The van der Waals surface area contributed by atoms with Crippen LogP contribution in [-0.2, 0) is 16.3 Å². The molecule has 0 saturated heterocycles. The molecule has 5 nitrogen and oxygen atoms in total. The Bertz CT molecular complexity index is 629. The minimum atomic E-state index is -0.649. The predicted molar refractivity (Wildman–Crippen MR) is 101 cm³/mol. The lowest BCUT2D eigenvalue weighted by Crippen LogP contribution is -2.25. The number of rotatable bonds is 11. The van der Waals surface area contributed by atoms with E-state index >= 15 is 0 Å². The maximum atomic E-state index is 9.84. The van der Waals surface area contributed by atoms with Crippen LogP contribution in [0.5, 0.6) is 0 Å². The van der Waals surface area contributed by atoms with Crippen molar-refractivity contribution in [3.63, 3.8) is 0 Å². The predicted octanol–water partition coefficient (Wildman–Crippen LogP) is 3.60. The SMILES string of the molecule is C=C(C)COOCC(O)CNc1ccc(CNc2ccccc2)cc1. The second-order valence-corrected chi connectivity index (χ2v) is 5.96. The molecule has 0 aliphatic carbocycles. The molecule has 3 N–H and O–H groups in total. The summed E-state index contributed by atoms with van der Waals surface area (Å²) in [4.78, 5) is 9.83. The van der Waals surface area contributed by atoms with Crippen LogP contribution in [-0.4, -0.2) is 31.0 Å². The van der Waals surface area contributed by atoms with Gasteiger partial charge in [-0.25, -0.2) is 9.78 Å². The number of anilines is 2. The zero-order valence-electron chi connectivity index (χ0n) is 14.6. The molecule has 0 heterocycles. The van der Waals surface area contributed by atoms with Gasteiger partial charge >= 0.3 is 0 Å². The third kappa shape index (κ3) is 7.85. The number of aliphatic hydroxyl groups excluding tert-OH is 1. The van der Waals surface area contributed by atoms with Gasteiger partial charge in [-0.2, -0.15) is 0 Å². The molecule has 25 heavy (non-hydrogen) atoms. The van der Waals surface area contributed by atoms with Gasteiger partial charge in [0, 0.05) is 24.5 Å². The van der Waals surface area contributed by atoms with Gasteiger partial charge in [0.05, 0.1) is 6.10 Å². The van der Waals surface area contributed by atoms with Crippen LogP contribution >= 0.6 is 0 Å². The van der Waals surface area contributed by atoms with Crippen LogP contribution in [0.3, 0.4) is 0 Å². The molecule has 2 aromatic rings. The first-order valence-corrected chi connectivity index (χ1v) is 8.32. The van der Waals surface area contributed by atoms with Crippen LogP contribution in [0.25, 0.3) is 0 Å². The lowest BCUT2D eigenvalue weighted by molar-refractivity contribution is -0.297. The molecule has 1 unspecified atom stereocenters. The Morgan fingerprint density at radius 1 is 1.00 bits per heavy atom. The number of para-hydroxylation sites is 1. The first-order chi connectivity index (χ1) is 12.1. The molecular weight excluding hydrogens is 316 g/mol. The van der Waals surface area contributed by atoms with Crippen molar-refractivity contribution in [3.05, 3.63) is 72.3 Å². The molecule has 2 rings (SSSR count). The van der Waals surface area contributed by atoms with Crippen LogP contribution in [0, 0.1) is 0 Å². The van der Waals surface area contributed by atoms with Crippen LogP contribution < -0.4 is 10.6 Å². The van der Waals surface area contributed by atoms with Crippen molar-refractivity contribution < 1.29 is 14.9 Å². The highest BCUT2D eigenvalue weighted by Crippen LogP contribution is 2.12. The third-order valence-electron chi connectivity index (χ3n) is 3.42. The third-order valence-corrected chi connectivity index (χ3v) is 3.42. The zero-order chi connectivity index (χ0) is 17.9. The fourth-order valence-electron chi connectivity index (χ4n) is 2.06. The highest BCUT2D eigenvalue weighted by atomic mass is 17.2. The van der Waals surface area contributed by atoms with E-state index in [-0.39, 0.29) is 6.61 Å². The van der Waals surface area contributed by atoms with Crippen molar-refractivity contribution in [1.29, 1.82) is 0 Å². The molecule has 0 radical (unpaired) electrons. The van der Waals surface area contributed by atoms with Gasteiger partial charge in [-0.3, -0.25) is 0 Å². The average molecular weight is 342 g/mol. The van der Waals surface area contributed by atoms with Gasteiger partial charge in [0.25, 0.3) is 0 Å². The summed E-state index contributed by atoms with van der Waals surface area (Å²) >= 11 is 0. The minimum absolute atomic E-state index is 0.110. The van der Waals surface area contributed by atoms with E-state index in [1.165, 1.54) is 5.56 Å². The van der Waals surface area contributed by atoms with E-state index in [1.807, 2.05) is 49.4 Å². The maximum Gasteiger partial charge on any atom is 0.110 e. The smallest absolute Gasteiger partial charge is 0.110 e. The Morgan fingerprint density at radius 2 is 1.68 bits per heavy atom. The summed E-state index contributed by atoms with van der Waals surface area (Å²) in [6.07, 6.45) is -0.649.